The molecule has 1 N–H and O–H groups in total. The van der Waals surface area contributed by atoms with E-state index in [-0.39, 0.29) is 17.1 Å². The summed E-state index contributed by atoms with van der Waals surface area (Å²) in [7, 11) is 0. The minimum Gasteiger partial charge on any atom is -0.455 e. The summed E-state index contributed by atoms with van der Waals surface area (Å²) >= 11 is 0. The van der Waals surface area contributed by atoms with Crippen LogP contribution in [0.25, 0.3) is 0 Å². The van der Waals surface area contributed by atoms with Crippen molar-refractivity contribution in [2.24, 2.45) is 0 Å². The molecule has 1 heterocycles. The van der Waals surface area contributed by atoms with E-state index in [0.717, 1.165) is 12.1 Å². The lowest BCUT2D eigenvalue weighted by Gasteiger charge is -2.13. The minimum atomic E-state index is -4.42. The average molecular weight is 362 g/mol. The molecule has 0 saturated carbocycles. The van der Waals surface area contributed by atoms with Crippen molar-refractivity contribution < 1.29 is 27.2 Å². The van der Waals surface area contributed by atoms with E-state index in [1.165, 1.54) is 18.3 Å². The summed E-state index contributed by atoms with van der Waals surface area (Å²) in [6, 6.07) is 10.9. The van der Waals surface area contributed by atoms with Crippen LogP contribution in [0.5, 0.6) is 11.5 Å². The Morgan fingerprint density at radius 2 is 1.81 bits per heavy atom. The quantitative estimate of drug-likeness (QED) is 0.706. The Balaban J connectivity index is 1.79. The lowest BCUT2D eigenvalue weighted by Crippen LogP contribution is -2.12. The lowest BCUT2D eigenvalue weighted by molar-refractivity contribution is -0.137. The lowest BCUT2D eigenvalue weighted by atomic mass is 10.2. The van der Waals surface area contributed by atoms with Gasteiger partial charge in [-0.1, -0.05) is 17.3 Å². The topological polar surface area (TPSA) is 64.4 Å². The van der Waals surface area contributed by atoms with Crippen LogP contribution in [0.15, 0.2) is 59.3 Å². The molecule has 0 fully saturated rings. The number of nitrogens with one attached hydrogen (secondary N) is 1. The smallest absolute Gasteiger partial charge is 0.416 e. The van der Waals surface area contributed by atoms with Crippen LogP contribution < -0.4 is 10.1 Å². The van der Waals surface area contributed by atoms with Gasteiger partial charge in [0.05, 0.1) is 17.4 Å². The van der Waals surface area contributed by atoms with Gasteiger partial charge in [-0.15, -0.1) is 0 Å². The molecule has 3 aromatic rings. The monoisotopic (exact) mass is 362 g/mol. The number of rotatable bonds is 4. The van der Waals surface area contributed by atoms with E-state index in [9.17, 15) is 18.0 Å². The predicted octanol–water partition coefficient (Wildman–Crippen LogP) is 5.05. The van der Waals surface area contributed by atoms with E-state index in [2.05, 4.69) is 10.5 Å². The number of amides is 1. The molecular formula is C18H13F3N2O3. The zero-order valence-electron chi connectivity index (χ0n) is 13.5. The highest BCUT2D eigenvalue weighted by Crippen LogP contribution is 2.33. The fraction of sp³-hybridized carbons (Fsp3) is 0.111. The van der Waals surface area contributed by atoms with Crippen LogP contribution in [0.4, 0.5) is 18.9 Å². The Morgan fingerprint density at radius 1 is 1.12 bits per heavy atom. The average Bonchev–Trinajstić information content (AvgIpc) is 3.02. The molecule has 0 aliphatic heterocycles. The number of alkyl halides is 3. The van der Waals surface area contributed by atoms with Crippen LogP contribution in [-0.2, 0) is 6.18 Å². The summed E-state index contributed by atoms with van der Waals surface area (Å²) in [5.74, 6) is 0.423. The first-order chi connectivity index (χ1) is 12.3. The number of ether oxygens (including phenoxy) is 1. The predicted molar refractivity (Wildman–Crippen MR) is 87.2 cm³/mol. The largest absolute Gasteiger partial charge is 0.455 e. The van der Waals surface area contributed by atoms with E-state index in [0.29, 0.717) is 11.4 Å². The number of para-hydroxylation sites is 2. The number of hydrogen-bond donors (Lipinski definition) is 1. The number of aromatic nitrogens is 1. The van der Waals surface area contributed by atoms with Crippen molar-refractivity contribution in [2.45, 2.75) is 13.1 Å². The summed E-state index contributed by atoms with van der Waals surface area (Å²) in [4.78, 5) is 12.3. The molecule has 5 nitrogen and oxygen atoms in total. The number of aryl methyl sites for hydroxylation is 1. The Labute approximate surface area is 146 Å². The molecule has 134 valence electrons. The summed E-state index contributed by atoms with van der Waals surface area (Å²) in [5, 5.41) is 6.21. The van der Waals surface area contributed by atoms with Gasteiger partial charge in [-0.25, -0.2) is 0 Å². The zero-order valence-corrected chi connectivity index (χ0v) is 13.5. The van der Waals surface area contributed by atoms with Crippen LogP contribution >= 0.6 is 0 Å². The van der Waals surface area contributed by atoms with Crippen molar-refractivity contribution in [3.05, 3.63) is 71.6 Å². The third kappa shape index (κ3) is 3.85. The molecule has 0 bridgehead atoms. The molecule has 0 aliphatic carbocycles. The summed E-state index contributed by atoms with van der Waals surface area (Å²) < 4.78 is 48.3. The van der Waals surface area contributed by atoms with Gasteiger partial charge >= 0.3 is 6.18 Å². The normalized spacial score (nSPS) is 11.2. The highest BCUT2D eigenvalue weighted by atomic mass is 19.4. The van der Waals surface area contributed by atoms with Crippen molar-refractivity contribution in [1.82, 2.24) is 5.16 Å². The van der Waals surface area contributed by atoms with Gasteiger partial charge in [-0.05, 0) is 43.3 Å². The van der Waals surface area contributed by atoms with E-state index in [4.69, 9.17) is 9.26 Å². The maximum atomic E-state index is 12.6. The number of anilines is 1. The maximum Gasteiger partial charge on any atom is 0.416 e. The second kappa shape index (κ2) is 6.91. The Hall–Kier alpha value is -3.29. The highest BCUT2D eigenvalue weighted by molar-refractivity contribution is 6.05. The third-order valence-corrected chi connectivity index (χ3v) is 3.54. The van der Waals surface area contributed by atoms with Crippen molar-refractivity contribution in [2.75, 3.05) is 5.32 Å². The van der Waals surface area contributed by atoms with Crippen molar-refractivity contribution in [3.63, 3.8) is 0 Å². The van der Waals surface area contributed by atoms with Gasteiger partial charge in [0.2, 0.25) is 0 Å². The maximum absolute atomic E-state index is 12.6. The minimum absolute atomic E-state index is 0.209. The molecule has 0 saturated heterocycles. The molecule has 0 atom stereocenters. The number of carbonyl (C=O) groups is 1. The van der Waals surface area contributed by atoms with Crippen LogP contribution in [0.1, 0.15) is 21.7 Å². The molecule has 1 aromatic heterocycles. The Kier molecular flexibility index (Phi) is 4.66. The van der Waals surface area contributed by atoms with E-state index in [1.807, 2.05) is 0 Å². The van der Waals surface area contributed by atoms with Gasteiger partial charge in [-0.3, -0.25) is 4.79 Å². The molecule has 26 heavy (non-hydrogen) atoms. The zero-order chi connectivity index (χ0) is 18.7. The molecular weight excluding hydrogens is 349 g/mol. The van der Waals surface area contributed by atoms with E-state index in [1.54, 1.807) is 31.2 Å². The summed E-state index contributed by atoms with van der Waals surface area (Å²) in [5.41, 5.74) is -0.137. The van der Waals surface area contributed by atoms with Crippen LogP contribution in [0.3, 0.4) is 0 Å². The van der Waals surface area contributed by atoms with Crippen LogP contribution in [0, 0.1) is 6.92 Å². The molecule has 2 aromatic carbocycles. The Bertz CT molecular complexity index is 918. The molecule has 8 heteroatoms. The number of hydrogen-bond acceptors (Lipinski definition) is 4. The first-order valence-electron chi connectivity index (χ1n) is 7.51. The van der Waals surface area contributed by atoms with Crippen LogP contribution in [0.2, 0.25) is 0 Å². The van der Waals surface area contributed by atoms with E-state index >= 15 is 0 Å². The van der Waals surface area contributed by atoms with Crippen molar-refractivity contribution >= 4 is 11.6 Å². The first kappa shape index (κ1) is 17.5. The second-order valence-corrected chi connectivity index (χ2v) is 5.37. The molecule has 0 unspecified atom stereocenters. The molecule has 0 radical (unpaired) electrons. The third-order valence-electron chi connectivity index (χ3n) is 3.54. The van der Waals surface area contributed by atoms with E-state index < -0.39 is 17.6 Å². The molecule has 3 rings (SSSR count). The number of benzene rings is 2. The number of carbonyl (C=O) groups excluding carboxylic acids is 1. The summed E-state index contributed by atoms with van der Waals surface area (Å²) in [6.07, 6.45) is -3.12. The van der Waals surface area contributed by atoms with Gasteiger partial charge in [0.15, 0.2) is 5.75 Å². The van der Waals surface area contributed by atoms with Gasteiger partial charge in [-0.2, -0.15) is 13.2 Å². The first-order valence-corrected chi connectivity index (χ1v) is 7.51. The summed E-state index contributed by atoms with van der Waals surface area (Å²) in [6.45, 7) is 1.60. The molecule has 1 amide bonds. The molecule has 0 spiro atoms. The SMILES string of the molecule is Cc1oncc1C(=O)Nc1ccccc1Oc1ccc(C(F)(F)F)cc1. The van der Waals surface area contributed by atoms with Gasteiger partial charge in [0, 0.05) is 0 Å². The molecule has 0 aliphatic rings. The highest BCUT2D eigenvalue weighted by Gasteiger charge is 2.30. The second-order valence-electron chi connectivity index (χ2n) is 5.37. The van der Waals surface area contributed by atoms with Gasteiger partial charge in [0.25, 0.3) is 5.91 Å². The Morgan fingerprint density at radius 3 is 2.42 bits per heavy atom. The van der Waals surface area contributed by atoms with Crippen molar-refractivity contribution in [1.29, 1.82) is 0 Å². The van der Waals surface area contributed by atoms with Gasteiger partial charge in [0.1, 0.15) is 17.1 Å². The fourth-order valence-corrected chi connectivity index (χ4v) is 2.20. The van der Waals surface area contributed by atoms with Crippen molar-refractivity contribution in [3.8, 4) is 11.5 Å². The standard InChI is InChI=1S/C18H13F3N2O3/c1-11-14(10-22-26-11)17(24)23-15-4-2-3-5-16(15)25-13-8-6-12(7-9-13)18(19,20)21/h2-10H,1H3,(H,23,24). The number of nitrogens with zero attached hydrogens (tertiary/aromatic N) is 1. The van der Waals surface area contributed by atoms with Crippen LogP contribution in [-0.4, -0.2) is 11.1 Å². The number of halogens is 3. The van der Waals surface area contributed by atoms with Gasteiger partial charge < -0.3 is 14.6 Å². The fourth-order valence-electron chi connectivity index (χ4n) is 2.20.